The van der Waals surface area contributed by atoms with Gasteiger partial charge in [-0.25, -0.2) is 19.6 Å². The highest BCUT2D eigenvalue weighted by atomic mass is 79.9. The summed E-state index contributed by atoms with van der Waals surface area (Å²) in [6.45, 7) is 10.2. The van der Waals surface area contributed by atoms with E-state index in [1.807, 2.05) is 0 Å². The zero-order valence-electron chi connectivity index (χ0n) is 19.1. The Balaban J connectivity index is 2.25. The lowest BCUT2D eigenvalue weighted by Crippen LogP contribution is -2.44. The third-order valence-corrected chi connectivity index (χ3v) is 5.49. The van der Waals surface area contributed by atoms with Crippen molar-refractivity contribution < 1.29 is 19.1 Å². The van der Waals surface area contributed by atoms with Gasteiger partial charge in [0.25, 0.3) is 0 Å². The number of benzene rings is 1. The van der Waals surface area contributed by atoms with Crippen LogP contribution in [0, 0.1) is 11.3 Å². The number of nitriles is 1. The highest BCUT2D eigenvalue weighted by Crippen LogP contribution is 2.36. The van der Waals surface area contributed by atoms with Crippen LogP contribution in [0.1, 0.15) is 47.1 Å². The number of rotatable bonds is 2. The highest BCUT2D eigenvalue weighted by Gasteiger charge is 2.35. The molecule has 0 aliphatic carbocycles. The van der Waals surface area contributed by atoms with Crippen LogP contribution in [0.3, 0.4) is 0 Å². The monoisotopic (exact) mass is 530 g/mol. The molecular weight excluding hydrogens is 508 g/mol. The molecule has 2 aromatic heterocycles. The van der Waals surface area contributed by atoms with Gasteiger partial charge in [0, 0.05) is 5.56 Å². The first-order valence-corrected chi connectivity index (χ1v) is 11.6. The topological polar surface area (TPSA) is 105 Å². The number of halogens is 1. The van der Waals surface area contributed by atoms with Gasteiger partial charge < -0.3 is 9.47 Å². The van der Waals surface area contributed by atoms with Gasteiger partial charge in [-0.3, -0.25) is 0 Å². The molecule has 33 heavy (non-hydrogen) atoms. The Morgan fingerprint density at radius 1 is 1.03 bits per heavy atom. The standard InChI is InChI=1S/C23H23BrN4O4S/c1-22(2,3)31-20(29)28(21(30)32-23(4,5)6)18-15-11-16(24)33-19(15)27-17(26-18)14-9-7-8-13(10-14)12-25/h7-11H,1-6H3. The van der Waals surface area contributed by atoms with E-state index in [2.05, 4.69) is 32.0 Å². The number of fused-ring (bicyclic) bond motifs is 1. The fraction of sp³-hybridized carbons (Fsp3) is 0.348. The van der Waals surface area contributed by atoms with E-state index in [-0.39, 0.29) is 11.6 Å². The second kappa shape index (κ2) is 9.08. The van der Waals surface area contributed by atoms with Crippen molar-refractivity contribution in [3.8, 4) is 17.5 Å². The number of carbonyl (C=O) groups excluding carboxylic acids is 2. The van der Waals surface area contributed by atoms with Gasteiger partial charge in [0.05, 0.1) is 20.8 Å². The van der Waals surface area contributed by atoms with Crippen LogP contribution in [0.2, 0.25) is 0 Å². The summed E-state index contributed by atoms with van der Waals surface area (Å²) < 4.78 is 11.7. The second-order valence-corrected chi connectivity index (χ2v) is 11.5. The first-order chi connectivity index (χ1) is 15.3. The minimum Gasteiger partial charge on any atom is -0.443 e. The van der Waals surface area contributed by atoms with Crippen LogP contribution in [0.15, 0.2) is 34.1 Å². The molecule has 0 bridgehead atoms. The Bertz CT molecular complexity index is 1240. The SMILES string of the molecule is CC(C)(C)OC(=O)N(C(=O)OC(C)(C)C)c1nc(-c2cccc(C#N)c2)nc2sc(Br)cc12. The maximum atomic E-state index is 13.2. The minimum absolute atomic E-state index is 0.0304. The molecule has 0 saturated heterocycles. The lowest BCUT2D eigenvalue weighted by Gasteiger charge is -2.28. The average Bonchev–Trinajstić information content (AvgIpc) is 3.05. The van der Waals surface area contributed by atoms with Crippen molar-refractivity contribution >= 4 is 55.5 Å². The van der Waals surface area contributed by atoms with E-state index in [0.29, 0.717) is 21.3 Å². The van der Waals surface area contributed by atoms with Gasteiger partial charge in [0.2, 0.25) is 0 Å². The average molecular weight is 531 g/mol. The Morgan fingerprint density at radius 3 is 2.18 bits per heavy atom. The highest BCUT2D eigenvalue weighted by molar-refractivity contribution is 9.11. The minimum atomic E-state index is -0.921. The van der Waals surface area contributed by atoms with Gasteiger partial charge in [-0.15, -0.1) is 11.3 Å². The number of nitrogens with zero attached hydrogens (tertiary/aromatic N) is 4. The largest absolute Gasteiger partial charge is 0.443 e. The van der Waals surface area contributed by atoms with Crippen LogP contribution in [0.25, 0.3) is 21.6 Å². The van der Waals surface area contributed by atoms with Crippen molar-refractivity contribution in [1.82, 2.24) is 9.97 Å². The smallest absolute Gasteiger partial charge is 0.425 e. The molecule has 8 nitrogen and oxygen atoms in total. The van der Waals surface area contributed by atoms with Crippen molar-refractivity contribution in [3.63, 3.8) is 0 Å². The number of imide groups is 1. The van der Waals surface area contributed by atoms with Crippen LogP contribution in [0.4, 0.5) is 15.4 Å². The van der Waals surface area contributed by atoms with Gasteiger partial charge >= 0.3 is 12.2 Å². The number of anilines is 1. The Labute approximate surface area is 204 Å². The van der Waals surface area contributed by atoms with Gasteiger partial charge in [-0.2, -0.15) is 10.2 Å². The molecule has 0 aliphatic rings. The van der Waals surface area contributed by atoms with E-state index in [1.165, 1.54) is 11.3 Å². The number of carbonyl (C=O) groups is 2. The van der Waals surface area contributed by atoms with Gasteiger partial charge in [0.15, 0.2) is 11.6 Å². The Morgan fingerprint density at radius 2 is 1.64 bits per heavy atom. The summed E-state index contributed by atoms with van der Waals surface area (Å²) >= 11 is 4.76. The molecule has 0 spiro atoms. The van der Waals surface area contributed by atoms with Gasteiger partial charge in [-0.05, 0) is 75.7 Å². The van der Waals surface area contributed by atoms with Crippen LogP contribution < -0.4 is 4.90 Å². The maximum Gasteiger partial charge on any atom is 0.425 e. The molecule has 0 N–H and O–H groups in total. The molecule has 0 aliphatic heterocycles. The first kappa shape index (κ1) is 24.6. The summed E-state index contributed by atoms with van der Waals surface area (Å²) in [5.74, 6) is 0.281. The summed E-state index contributed by atoms with van der Waals surface area (Å²) in [5, 5.41) is 9.74. The van der Waals surface area contributed by atoms with Crippen LogP contribution >= 0.6 is 27.3 Å². The molecule has 10 heteroatoms. The zero-order chi connectivity index (χ0) is 24.6. The fourth-order valence-corrected chi connectivity index (χ4v) is 4.21. The number of ether oxygens (including phenoxy) is 2. The van der Waals surface area contributed by atoms with Crippen molar-refractivity contribution in [2.24, 2.45) is 0 Å². The maximum absolute atomic E-state index is 13.2. The molecule has 2 heterocycles. The molecule has 3 aromatic rings. The molecule has 0 atom stereocenters. The van der Waals surface area contributed by atoms with E-state index in [4.69, 9.17) is 9.47 Å². The molecular formula is C23H23BrN4O4S. The normalized spacial score (nSPS) is 11.7. The van der Waals surface area contributed by atoms with Crippen molar-refractivity contribution in [2.75, 3.05) is 4.90 Å². The number of hydrogen-bond donors (Lipinski definition) is 0. The number of aromatic nitrogens is 2. The van der Waals surface area contributed by atoms with E-state index < -0.39 is 23.4 Å². The number of thiophene rings is 1. The summed E-state index contributed by atoms with van der Waals surface area (Å²) in [4.78, 5) is 36.8. The fourth-order valence-electron chi connectivity index (χ4n) is 2.77. The summed E-state index contributed by atoms with van der Waals surface area (Å²) in [6, 6.07) is 10.6. The lowest BCUT2D eigenvalue weighted by atomic mass is 10.1. The van der Waals surface area contributed by atoms with E-state index >= 15 is 0 Å². The van der Waals surface area contributed by atoms with E-state index in [9.17, 15) is 14.9 Å². The predicted molar refractivity (Wildman–Crippen MR) is 130 cm³/mol. The molecule has 1 aromatic carbocycles. The third kappa shape index (κ3) is 6.06. The first-order valence-electron chi connectivity index (χ1n) is 10.0. The third-order valence-electron chi connectivity index (χ3n) is 3.96. The van der Waals surface area contributed by atoms with Crippen LogP contribution in [0.5, 0.6) is 0 Å². The Hall–Kier alpha value is -3.03. The molecule has 3 rings (SSSR count). The molecule has 2 amide bonds. The molecule has 0 saturated carbocycles. The van der Waals surface area contributed by atoms with Crippen LogP contribution in [-0.2, 0) is 9.47 Å². The summed E-state index contributed by atoms with van der Waals surface area (Å²) in [6.07, 6.45) is -1.84. The number of amides is 2. The van der Waals surface area contributed by atoms with Gasteiger partial charge in [-0.1, -0.05) is 12.1 Å². The van der Waals surface area contributed by atoms with Gasteiger partial charge in [0.1, 0.15) is 16.0 Å². The molecule has 0 fully saturated rings. The molecule has 0 unspecified atom stereocenters. The molecule has 0 radical (unpaired) electrons. The molecule has 172 valence electrons. The van der Waals surface area contributed by atoms with Crippen molar-refractivity contribution in [3.05, 3.63) is 39.7 Å². The predicted octanol–water partition coefficient (Wildman–Crippen LogP) is 6.67. The summed E-state index contributed by atoms with van der Waals surface area (Å²) in [7, 11) is 0. The number of hydrogen-bond acceptors (Lipinski definition) is 8. The summed E-state index contributed by atoms with van der Waals surface area (Å²) in [5.41, 5.74) is -0.720. The van der Waals surface area contributed by atoms with Crippen LogP contribution in [-0.4, -0.2) is 33.4 Å². The second-order valence-electron chi connectivity index (χ2n) is 9.13. The van der Waals surface area contributed by atoms with E-state index in [0.717, 1.165) is 8.69 Å². The van der Waals surface area contributed by atoms with E-state index in [1.54, 1.807) is 71.9 Å². The quantitative estimate of drug-likeness (QED) is 0.364. The zero-order valence-corrected chi connectivity index (χ0v) is 21.5. The van der Waals surface area contributed by atoms with Crippen molar-refractivity contribution in [1.29, 1.82) is 5.26 Å². The van der Waals surface area contributed by atoms with Crippen molar-refractivity contribution in [2.45, 2.75) is 52.7 Å². The Kier molecular flexibility index (Phi) is 6.77. The lowest BCUT2D eigenvalue weighted by molar-refractivity contribution is 0.0429.